The van der Waals surface area contributed by atoms with Crippen LogP contribution in [0, 0.1) is 11.8 Å². The molecule has 0 radical (unpaired) electrons. The van der Waals surface area contributed by atoms with Crippen molar-refractivity contribution in [3.8, 4) is 0 Å². The van der Waals surface area contributed by atoms with Crippen molar-refractivity contribution >= 4 is 11.8 Å². The average molecular weight is 243 g/mol. The van der Waals surface area contributed by atoms with Crippen molar-refractivity contribution in [1.29, 1.82) is 0 Å². The summed E-state index contributed by atoms with van der Waals surface area (Å²) in [5, 5.41) is 3.77. The molecule has 96 valence electrons. The Bertz CT molecular complexity index is 164. The monoisotopic (exact) mass is 243 g/mol. The van der Waals surface area contributed by atoms with Crippen molar-refractivity contribution in [3.63, 3.8) is 0 Å². The molecule has 0 aliphatic carbocycles. The second-order valence-electron chi connectivity index (χ2n) is 5.51. The third-order valence-electron chi connectivity index (χ3n) is 3.49. The lowest BCUT2D eigenvalue weighted by Crippen LogP contribution is -2.36. The fraction of sp³-hybridized carbons (Fsp3) is 1.00. The Morgan fingerprint density at radius 3 is 2.69 bits per heavy atom. The molecule has 2 atom stereocenters. The highest BCUT2D eigenvalue weighted by Gasteiger charge is 2.24. The van der Waals surface area contributed by atoms with E-state index in [4.69, 9.17) is 0 Å². The molecule has 1 saturated heterocycles. The zero-order valence-electron chi connectivity index (χ0n) is 11.3. The molecule has 1 N–H and O–H groups in total. The van der Waals surface area contributed by atoms with Gasteiger partial charge in [0, 0.05) is 6.04 Å². The quantitative estimate of drug-likeness (QED) is 0.693. The Labute approximate surface area is 106 Å². The highest BCUT2D eigenvalue weighted by molar-refractivity contribution is 7.99. The van der Waals surface area contributed by atoms with Crippen LogP contribution in [-0.2, 0) is 0 Å². The molecule has 1 heterocycles. The van der Waals surface area contributed by atoms with Crippen LogP contribution in [0.1, 0.15) is 52.9 Å². The van der Waals surface area contributed by atoms with Crippen molar-refractivity contribution in [1.82, 2.24) is 5.32 Å². The van der Waals surface area contributed by atoms with E-state index in [1.54, 1.807) is 0 Å². The minimum atomic E-state index is 0.800. The van der Waals surface area contributed by atoms with Gasteiger partial charge in [0.1, 0.15) is 0 Å². The summed E-state index contributed by atoms with van der Waals surface area (Å²) in [4.78, 5) is 0. The smallest absolute Gasteiger partial charge is 0.0103 e. The fourth-order valence-electron chi connectivity index (χ4n) is 2.45. The van der Waals surface area contributed by atoms with Gasteiger partial charge in [0.15, 0.2) is 0 Å². The first-order chi connectivity index (χ1) is 7.74. The van der Waals surface area contributed by atoms with Crippen LogP contribution in [0.2, 0.25) is 0 Å². The summed E-state index contributed by atoms with van der Waals surface area (Å²) in [6.07, 6.45) is 6.89. The Morgan fingerprint density at radius 1 is 1.31 bits per heavy atom. The second-order valence-corrected chi connectivity index (χ2v) is 6.66. The SMILES string of the molecule is CCCNC(CCCC(C)C)C1CCSC1. The highest BCUT2D eigenvalue weighted by Crippen LogP contribution is 2.28. The Balaban J connectivity index is 2.25. The Kier molecular flexibility index (Phi) is 7.55. The minimum Gasteiger partial charge on any atom is -0.314 e. The van der Waals surface area contributed by atoms with E-state index in [9.17, 15) is 0 Å². The van der Waals surface area contributed by atoms with E-state index in [0.717, 1.165) is 17.9 Å². The molecule has 0 saturated carbocycles. The molecular weight excluding hydrogens is 214 g/mol. The summed E-state index contributed by atoms with van der Waals surface area (Å²) in [6.45, 7) is 8.13. The van der Waals surface area contributed by atoms with Crippen LogP contribution in [0.4, 0.5) is 0 Å². The van der Waals surface area contributed by atoms with Crippen LogP contribution in [0.3, 0.4) is 0 Å². The number of rotatable bonds is 8. The van der Waals surface area contributed by atoms with E-state index in [1.165, 1.54) is 50.2 Å². The van der Waals surface area contributed by atoms with Crippen LogP contribution < -0.4 is 5.32 Å². The van der Waals surface area contributed by atoms with Gasteiger partial charge in [-0.25, -0.2) is 0 Å². The maximum absolute atomic E-state index is 3.77. The van der Waals surface area contributed by atoms with Crippen LogP contribution >= 0.6 is 11.8 Å². The first-order valence-electron chi connectivity index (χ1n) is 7.05. The van der Waals surface area contributed by atoms with Crippen LogP contribution in [-0.4, -0.2) is 24.1 Å². The standard InChI is InChI=1S/C14H29NS/c1-4-9-15-14(7-5-6-12(2)3)13-8-10-16-11-13/h12-15H,4-11H2,1-3H3. The molecule has 1 nitrogen and oxygen atoms in total. The molecule has 0 amide bonds. The molecule has 1 rings (SSSR count). The summed E-state index contributed by atoms with van der Waals surface area (Å²) in [5.74, 6) is 4.59. The molecule has 0 bridgehead atoms. The van der Waals surface area contributed by atoms with Crippen molar-refractivity contribution in [2.45, 2.75) is 58.9 Å². The van der Waals surface area contributed by atoms with E-state index >= 15 is 0 Å². The van der Waals surface area contributed by atoms with Crippen LogP contribution in [0.25, 0.3) is 0 Å². The average Bonchev–Trinajstić information content (AvgIpc) is 2.75. The van der Waals surface area contributed by atoms with Gasteiger partial charge >= 0.3 is 0 Å². The van der Waals surface area contributed by atoms with Gasteiger partial charge in [-0.2, -0.15) is 11.8 Å². The maximum atomic E-state index is 3.77. The molecule has 0 spiro atoms. The van der Waals surface area contributed by atoms with Crippen molar-refractivity contribution in [3.05, 3.63) is 0 Å². The third-order valence-corrected chi connectivity index (χ3v) is 4.68. The molecule has 2 unspecified atom stereocenters. The van der Waals surface area contributed by atoms with Crippen molar-refractivity contribution < 1.29 is 0 Å². The van der Waals surface area contributed by atoms with Gasteiger partial charge < -0.3 is 5.32 Å². The van der Waals surface area contributed by atoms with Gasteiger partial charge in [0.25, 0.3) is 0 Å². The zero-order valence-corrected chi connectivity index (χ0v) is 12.1. The predicted octanol–water partition coefficient (Wildman–Crippen LogP) is 3.93. The molecule has 1 aliphatic heterocycles. The van der Waals surface area contributed by atoms with Gasteiger partial charge in [-0.1, -0.05) is 33.6 Å². The number of thioether (sulfide) groups is 1. The van der Waals surface area contributed by atoms with E-state index < -0.39 is 0 Å². The molecule has 1 aliphatic rings. The van der Waals surface area contributed by atoms with E-state index in [0.29, 0.717) is 0 Å². The molecule has 1 fully saturated rings. The summed E-state index contributed by atoms with van der Waals surface area (Å²) in [5.41, 5.74) is 0. The van der Waals surface area contributed by atoms with Crippen LogP contribution in [0.15, 0.2) is 0 Å². The third kappa shape index (κ3) is 5.58. The molecule has 0 aromatic carbocycles. The fourth-order valence-corrected chi connectivity index (χ4v) is 3.79. The molecule has 16 heavy (non-hydrogen) atoms. The maximum Gasteiger partial charge on any atom is 0.0103 e. The second kappa shape index (κ2) is 8.41. The summed E-state index contributed by atoms with van der Waals surface area (Å²) < 4.78 is 0. The number of hydrogen-bond acceptors (Lipinski definition) is 2. The van der Waals surface area contributed by atoms with Crippen molar-refractivity contribution in [2.24, 2.45) is 11.8 Å². The molecule has 0 aromatic rings. The van der Waals surface area contributed by atoms with Crippen molar-refractivity contribution in [2.75, 3.05) is 18.1 Å². The largest absolute Gasteiger partial charge is 0.314 e. The van der Waals surface area contributed by atoms with E-state index in [2.05, 4.69) is 37.8 Å². The van der Waals surface area contributed by atoms with Crippen LogP contribution in [0.5, 0.6) is 0 Å². The van der Waals surface area contributed by atoms with Gasteiger partial charge in [-0.05, 0) is 49.1 Å². The lowest BCUT2D eigenvalue weighted by molar-refractivity contribution is 0.345. The predicted molar refractivity (Wildman–Crippen MR) is 76.2 cm³/mol. The first-order valence-corrected chi connectivity index (χ1v) is 8.20. The molecule has 2 heteroatoms. The summed E-state index contributed by atoms with van der Waals surface area (Å²) in [7, 11) is 0. The van der Waals surface area contributed by atoms with Gasteiger partial charge in [-0.15, -0.1) is 0 Å². The van der Waals surface area contributed by atoms with Gasteiger partial charge in [-0.3, -0.25) is 0 Å². The number of nitrogens with one attached hydrogen (secondary N) is 1. The summed E-state index contributed by atoms with van der Waals surface area (Å²) >= 11 is 2.14. The first kappa shape index (κ1) is 14.4. The van der Waals surface area contributed by atoms with E-state index in [1.807, 2.05) is 0 Å². The number of hydrogen-bond donors (Lipinski definition) is 1. The molecular formula is C14H29NS. The van der Waals surface area contributed by atoms with E-state index in [-0.39, 0.29) is 0 Å². The summed E-state index contributed by atoms with van der Waals surface area (Å²) in [6, 6.07) is 0.800. The lowest BCUT2D eigenvalue weighted by atomic mass is 9.93. The lowest BCUT2D eigenvalue weighted by Gasteiger charge is -2.24. The Hall–Kier alpha value is 0.310. The van der Waals surface area contributed by atoms with Gasteiger partial charge in [0.2, 0.25) is 0 Å². The Morgan fingerprint density at radius 2 is 2.12 bits per heavy atom. The minimum absolute atomic E-state index is 0.800. The topological polar surface area (TPSA) is 12.0 Å². The highest BCUT2D eigenvalue weighted by atomic mass is 32.2. The normalized spacial score (nSPS) is 22.9. The van der Waals surface area contributed by atoms with Gasteiger partial charge in [0.05, 0.1) is 0 Å². The molecule has 0 aromatic heterocycles. The zero-order chi connectivity index (χ0) is 11.8.